The number of aryl methyl sites for hydroxylation is 2. The third-order valence-corrected chi connectivity index (χ3v) is 6.30. The number of rotatable bonds is 6. The highest BCUT2D eigenvalue weighted by molar-refractivity contribution is 5.92. The van der Waals surface area contributed by atoms with E-state index in [0.717, 1.165) is 22.6 Å². The number of nitro benzene ring substituents is 1. The number of anilines is 1. The number of hydrogen-bond acceptors (Lipinski definition) is 5. The zero-order valence-corrected chi connectivity index (χ0v) is 19.8. The van der Waals surface area contributed by atoms with Crippen LogP contribution in [0.2, 0.25) is 0 Å². The Morgan fingerprint density at radius 2 is 1.65 bits per heavy atom. The van der Waals surface area contributed by atoms with Crippen molar-refractivity contribution >= 4 is 23.4 Å². The average Bonchev–Trinajstić information content (AvgIpc) is 3.11. The quantitative estimate of drug-likeness (QED) is 0.314. The predicted octanol–water partition coefficient (Wildman–Crippen LogP) is 4.13. The van der Waals surface area contributed by atoms with Crippen molar-refractivity contribution in [1.82, 2.24) is 14.7 Å². The van der Waals surface area contributed by atoms with Crippen LogP contribution in [-0.4, -0.2) is 51.7 Å². The molecule has 0 N–H and O–H groups in total. The molecule has 2 aromatic carbocycles. The van der Waals surface area contributed by atoms with E-state index < -0.39 is 4.92 Å². The third-order valence-electron chi connectivity index (χ3n) is 6.30. The van der Waals surface area contributed by atoms with Crippen LogP contribution in [0.25, 0.3) is 6.08 Å². The molecule has 1 aromatic heterocycles. The zero-order valence-electron chi connectivity index (χ0n) is 19.8. The maximum absolute atomic E-state index is 12.8. The summed E-state index contributed by atoms with van der Waals surface area (Å²) in [5.41, 5.74) is 6.34. The first kappa shape index (κ1) is 23.2. The Morgan fingerprint density at radius 3 is 2.26 bits per heavy atom. The molecule has 8 nitrogen and oxygen atoms in total. The van der Waals surface area contributed by atoms with E-state index in [0.29, 0.717) is 32.7 Å². The van der Waals surface area contributed by atoms with E-state index in [1.54, 1.807) is 18.2 Å². The average molecular weight is 460 g/mol. The van der Waals surface area contributed by atoms with Crippen LogP contribution in [-0.2, 0) is 11.3 Å². The van der Waals surface area contributed by atoms with Gasteiger partial charge in [0.25, 0.3) is 5.69 Å². The topological polar surface area (TPSA) is 84.5 Å². The lowest BCUT2D eigenvalue weighted by Gasteiger charge is -2.35. The van der Waals surface area contributed by atoms with Crippen LogP contribution in [0.1, 0.15) is 28.1 Å². The highest BCUT2D eigenvalue weighted by Crippen LogP contribution is 2.21. The minimum Gasteiger partial charge on any atom is -0.368 e. The molecule has 0 atom stereocenters. The van der Waals surface area contributed by atoms with Crippen molar-refractivity contribution < 1.29 is 9.72 Å². The van der Waals surface area contributed by atoms with Gasteiger partial charge in [-0.2, -0.15) is 5.10 Å². The standard InChI is InChI=1S/C26H29N5O3/c1-19-4-6-22(7-5-19)18-30-21(3)25(20(2)27-30)12-13-26(32)29-16-14-28(15-17-29)23-8-10-24(11-9-23)31(33)34/h4-13H,14-18H2,1-3H3. The molecule has 0 bridgehead atoms. The molecule has 0 radical (unpaired) electrons. The smallest absolute Gasteiger partial charge is 0.269 e. The molecule has 4 rings (SSSR count). The number of piperazine rings is 1. The van der Waals surface area contributed by atoms with Crippen molar-refractivity contribution in [2.75, 3.05) is 31.1 Å². The summed E-state index contributed by atoms with van der Waals surface area (Å²) in [7, 11) is 0. The molecule has 3 aromatic rings. The summed E-state index contributed by atoms with van der Waals surface area (Å²) in [6, 6.07) is 15.0. The number of nitrogens with zero attached hydrogens (tertiary/aromatic N) is 5. The number of carbonyl (C=O) groups excluding carboxylic acids is 1. The summed E-state index contributed by atoms with van der Waals surface area (Å²) < 4.78 is 1.98. The van der Waals surface area contributed by atoms with Crippen LogP contribution in [0.3, 0.4) is 0 Å². The Labute approximate surface area is 199 Å². The molecule has 1 aliphatic heterocycles. The molecule has 0 saturated carbocycles. The van der Waals surface area contributed by atoms with Crippen LogP contribution in [0.15, 0.2) is 54.6 Å². The van der Waals surface area contributed by atoms with Gasteiger partial charge >= 0.3 is 0 Å². The monoisotopic (exact) mass is 459 g/mol. The first-order valence-corrected chi connectivity index (χ1v) is 11.4. The fourth-order valence-electron chi connectivity index (χ4n) is 4.20. The molecule has 1 amide bonds. The van der Waals surface area contributed by atoms with Crippen LogP contribution in [0.4, 0.5) is 11.4 Å². The van der Waals surface area contributed by atoms with Gasteiger partial charge in [-0.3, -0.25) is 19.6 Å². The number of aromatic nitrogens is 2. The van der Waals surface area contributed by atoms with Gasteiger partial charge in [0.2, 0.25) is 5.91 Å². The van der Waals surface area contributed by atoms with Crippen molar-refractivity contribution in [3.8, 4) is 0 Å². The van der Waals surface area contributed by atoms with E-state index >= 15 is 0 Å². The predicted molar refractivity (Wildman–Crippen MR) is 133 cm³/mol. The Bertz CT molecular complexity index is 1200. The largest absolute Gasteiger partial charge is 0.368 e. The number of hydrogen-bond donors (Lipinski definition) is 0. The molecule has 1 aliphatic rings. The minimum absolute atomic E-state index is 0.0200. The van der Waals surface area contributed by atoms with Crippen LogP contribution >= 0.6 is 0 Å². The lowest BCUT2D eigenvalue weighted by molar-refractivity contribution is -0.384. The van der Waals surface area contributed by atoms with Crippen LogP contribution in [0.5, 0.6) is 0 Å². The minimum atomic E-state index is -0.400. The molecule has 176 valence electrons. The van der Waals surface area contributed by atoms with E-state index in [1.165, 1.54) is 23.3 Å². The molecule has 0 unspecified atom stereocenters. The maximum atomic E-state index is 12.8. The number of benzene rings is 2. The van der Waals surface area contributed by atoms with Crippen molar-refractivity contribution in [1.29, 1.82) is 0 Å². The molecular weight excluding hydrogens is 430 g/mol. The fraction of sp³-hybridized carbons (Fsp3) is 0.308. The van der Waals surface area contributed by atoms with Crippen LogP contribution < -0.4 is 4.90 Å². The SMILES string of the molecule is Cc1ccc(Cn2nc(C)c(C=CC(=O)N3CCN(c4ccc([N+](=O)[O-])cc4)CC3)c2C)cc1. The molecule has 1 fully saturated rings. The van der Waals surface area contributed by atoms with Gasteiger partial charge in [-0.1, -0.05) is 29.8 Å². The van der Waals surface area contributed by atoms with E-state index in [2.05, 4.69) is 41.2 Å². The lowest BCUT2D eigenvalue weighted by atomic mass is 10.1. The molecule has 1 saturated heterocycles. The summed E-state index contributed by atoms with van der Waals surface area (Å²) in [4.78, 5) is 27.2. The first-order valence-electron chi connectivity index (χ1n) is 11.4. The number of carbonyl (C=O) groups is 1. The van der Waals surface area contributed by atoms with Crippen molar-refractivity contribution in [3.63, 3.8) is 0 Å². The number of nitro groups is 1. The molecular formula is C26H29N5O3. The Hall–Kier alpha value is -3.94. The summed E-state index contributed by atoms with van der Waals surface area (Å²) in [5, 5.41) is 15.5. The molecule has 0 aliphatic carbocycles. The normalized spacial score (nSPS) is 14.1. The maximum Gasteiger partial charge on any atom is 0.269 e. The Kier molecular flexibility index (Phi) is 6.77. The fourth-order valence-corrected chi connectivity index (χ4v) is 4.20. The van der Waals surface area contributed by atoms with Crippen molar-refractivity contribution in [3.05, 3.63) is 92.8 Å². The van der Waals surface area contributed by atoms with Gasteiger partial charge in [-0.25, -0.2) is 0 Å². The second kappa shape index (κ2) is 9.91. The van der Waals surface area contributed by atoms with Gasteiger partial charge in [0.15, 0.2) is 0 Å². The van der Waals surface area contributed by atoms with Crippen molar-refractivity contribution in [2.45, 2.75) is 27.3 Å². The van der Waals surface area contributed by atoms with E-state index in [1.807, 2.05) is 29.5 Å². The molecule has 34 heavy (non-hydrogen) atoms. The molecule has 8 heteroatoms. The van der Waals surface area contributed by atoms with Gasteiger partial charge in [-0.05, 0) is 44.5 Å². The van der Waals surface area contributed by atoms with Gasteiger partial charge in [0.05, 0.1) is 17.2 Å². The van der Waals surface area contributed by atoms with Gasteiger partial charge in [0, 0.05) is 61.3 Å². The van der Waals surface area contributed by atoms with Gasteiger partial charge in [0.1, 0.15) is 0 Å². The van der Waals surface area contributed by atoms with E-state index in [-0.39, 0.29) is 11.6 Å². The highest BCUT2D eigenvalue weighted by atomic mass is 16.6. The third kappa shape index (κ3) is 5.17. The lowest BCUT2D eigenvalue weighted by Crippen LogP contribution is -2.48. The van der Waals surface area contributed by atoms with E-state index in [4.69, 9.17) is 0 Å². The van der Waals surface area contributed by atoms with E-state index in [9.17, 15) is 14.9 Å². The summed E-state index contributed by atoms with van der Waals surface area (Å²) in [6.07, 6.45) is 3.50. The van der Waals surface area contributed by atoms with Gasteiger partial charge < -0.3 is 9.80 Å². The van der Waals surface area contributed by atoms with Crippen molar-refractivity contribution in [2.24, 2.45) is 0 Å². The Balaban J connectivity index is 1.36. The summed E-state index contributed by atoms with van der Waals surface area (Å²) in [6.45, 7) is 9.33. The summed E-state index contributed by atoms with van der Waals surface area (Å²) in [5.74, 6) is -0.0200. The zero-order chi connectivity index (χ0) is 24.2. The number of amides is 1. The van der Waals surface area contributed by atoms with Crippen LogP contribution in [0, 0.1) is 30.9 Å². The second-order valence-corrected chi connectivity index (χ2v) is 8.65. The number of non-ortho nitro benzene ring substituents is 1. The highest BCUT2D eigenvalue weighted by Gasteiger charge is 2.20. The van der Waals surface area contributed by atoms with Gasteiger partial charge in [-0.15, -0.1) is 0 Å². The molecule has 2 heterocycles. The summed E-state index contributed by atoms with van der Waals surface area (Å²) >= 11 is 0. The Morgan fingerprint density at radius 1 is 1.00 bits per heavy atom. The first-order chi connectivity index (χ1) is 16.3. The molecule has 0 spiro atoms. The second-order valence-electron chi connectivity index (χ2n) is 8.65.